The van der Waals surface area contributed by atoms with Gasteiger partial charge in [0.05, 0.1) is 4.90 Å². The maximum absolute atomic E-state index is 12.3. The van der Waals surface area contributed by atoms with Crippen LogP contribution in [0.3, 0.4) is 0 Å². The molecule has 0 saturated carbocycles. The topological polar surface area (TPSA) is 114 Å². The Kier molecular flexibility index (Phi) is 7.70. The van der Waals surface area contributed by atoms with Crippen molar-refractivity contribution in [3.05, 3.63) is 41.0 Å². The first-order chi connectivity index (χ1) is 13.2. The van der Waals surface area contributed by atoms with Gasteiger partial charge in [0, 0.05) is 31.8 Å². The van der Waals surface area contributed by atoms with Gasteiger partial charge in [-0.15, -0.1) is 0 Å². The molecule has 154 valence electrons. The molecule has 9 heteroatoms. The van der Waals surface area contributed by atoms with E-state index in [0.29, 0.717) is 31.1 Å². The standard InChI is InChI=1S/C19H28N4O4S/c1-13(2)19-22-18(27-23-19)6-5-10-20-17(24)9-11-21-28(25,26)16-8-7-14(3)15(4)12-16/h7-8,12-13,21H,5-6,9-11H2,1-4H3,(H,20,24). The van der Waals surface area contributed by atoms with Crippen LogP contribution in [-0.4, -0.2) is 37.6 Å². The van der Waals surface area contributed by atoms with E-state index in [1.807, 2.05) is 27.7 Å². The van der Waals surface area contributed by atoms with Crippen molar-refractivity contribution < 1.29 is 17.7 Å². The molecule has 0 radical (unpaired) electrons. The van der Waals surface area contributed by atoms with Gasteiger partial charge < -0.3 is 9.84 Å². The summed E-state index contributed by atoms with van der Waals surface area (Å²) in [5, 5.41) is 6.65. The van der Waals surface area contributed by atoms with Gasteiger partial charge in [0.25, 0.3) is 0 Å². The highest BCUT2D eigenvalue weighted by molar-refractivity contribution is 7.89. The number of hydrogen-bond donors (Lipinski definition) is 2. The van der Waals surface area contributed by atoms with Crippen LogP contribution in [0.15, 0.2) is 27.6 Å². The summed E-state index contributed by atoms with van der Waals surface area (Å²) >= 11 is 0. The smallest absolute Gasteiger partial charge is 0.240 e. The van der Waals surface area contributed by atoms with E-state index in [9.17, 15) is 13.2 Å². The molecule has 2 aromatic rings. The number of aryl methyl sites for hydroxylation is 3. The fraction of sp³-hybridized carbons (Fsp3) is 0.526. The Morgan fingerprint density at radius 3 is 2.57 bits per heavy atom. The van der Waals surface area contributed by atoms with Crippen molar-refractivity contribution in [2.45, 2.75) is 57.8 Å². The third-order valence-corrected chi connectivity index (χ3v) is 5.78. The first-order valence-electron chi connectivity index (χ1n) is 9.35. The lowest BCUT2D eigenvalue weighted by molar-refractivity contribution is -0.120. The number of carbonyl (C=O) groups excluding carboxylic acids is 1. The molecule has 2 rings (SSSR count). The fourth-order valence-electron chi connectivity index (χ4n) is 2.42. The number of benzene rings is 1. The number of nitrogens with zero attached hydrogens (tertiary/aromatic N) is 2. The summed E-state index contributed by atoms with van der Waals surface area (Å²) in [5.41, 5.74) is 1.93. The van der Waals surface area contributed by atoms with E-state index in [1.54, 1.807) is 18.2 Å². The Hall–Kier alpha value is -2.26. The molecule has 0 bridgehead atoms. The minimum Gasteiger partial charge on any atom is -0.356 e. The van der Waals surface area contributed by atoms with E-state index in [4.69, 9.17) is 4.52 Å². The zero-order valence-corrected chi connectivity index (χ0v) is 17.6. The van der Waals surface area contributed by atoms with Crippen molar-refractivity contribution in [3.8, 4) is 0 Å². The van der Waals surface area contributed by atoms with Gasteiger partial charge in [0.2, 0.25) is 21.8 Å². The average molecular weight is 409 g/mol. The van der Waals surface area contributed by atoms with Crippen LogP contribution in [0.25, 0.3) is 0 Å². The van der Waals surface area contributed by atoms with Crippen LogP contribution in [0, 0.1) is 13.8 Å². The van der Waals surface area contributed by atoms with Crippen molar-refractivity contribution in [2.75, 3.05) is 13.1 Å². The lowest BCUT2D eigenvalue weighted by atomic mass is 10.1. The van der Waals surface area contributed by atoms with Gasteiger partial charge in [-0.1, -0.05) is 25.1 Å². The van der Waals surface area contributed by atoms with Crippen molar-refractivity contribution in [3.63, 3.8) is 0 Å². The molecule has 0 aliphatic rings. The minimum atomic E-state index is -3.62. The van der Waals surface area contributed by atoms with Gasteiger partial charge in [-0.3, -0.25) is 4.79 Å². The number of sulfonamides is 1. The maximum atomic E-state index is 12.3. The first-order valence-corrected chi connectivity index (χ1v) is 10.8. The highest BCUT2D eigenvalue weighted by atomic mass is 32.2. The van der Waals surface area contributed by atoms with Crippen molar-refractivity contribution in [2.24, 2.45) is 0 Å². The van der Waals surface area contributed by atoms with E-state index >= 15 is 0 Å². The zero-order valence-electron chi connectivity index (χ0n) is 16.8. The summed E-state index contributed by atoms with van der Waals surface area (Å²) in [6.45, 7) is 8.27. The van der Waals surface area contributed by atoms with Crippen molar-refractivity contribution >= 4 is 15.9 Å². The first kappa shape index (κ1) is 22.0. The van der Waals surface area contributed by atoms with Crippen LogP contribution in [0.5, 0.6) is 0 Å². The molecule has 0 aliphatic carbocycles. The molecule has 28 heavy (non-hydrogen) atoms. The molecule has 0 fully saturated rings. The van der Waals surface area contributed by atoms with Crippen LogP contribution in [-0.2, 0) is 21.2 Å². The summed E-state index contributed by atoms with van der Waals surface area (Å²) < 4.78 is 32.2. The molecule has 1 aromatic heterocycles. The number of rotatable bonds is 10. The molecular formula is C19H28N4O4S. The molecule has 1 amide bonds. The van der Waals surface area contributed by atoms with Gasteiger partial charge in [0.15, 0.2) is 5.82 Å². The summed E-state index contributed by atoms with van der Waals surface area (Å²) in [6, 6.07) is 4.96. The molecule has 1 aromatic carbocycles. The Morgan fingerprint density at radius 1 is 1.18 bits per heavy atom. The van der Waals surface area contributed by atoms with Crippen LogP contribution >= 0.6 is 0 Å². The minimum absolute atomic E-state index is 0.0441. The van der Waals surface area contributed by atoms with E-state index < -0.39 is 10.0 Å². The van der Waals surface area contributed by atoms with Gasteiger partial charge in [0.1, 0.15) is 0 Å². The van der Waals surface area contributed by atoms with Crippen LogP contribution in [0.4, 0.5) is 0 Å². The molecule has 8 nitrogen and oxygen atoms in total. The summed E-state index contributed by atoms with van der Waals surface area (Å²) in [4.78, 5) is 16.4. The molecule has 0 aliphatic heterocycles. The molecule has 2 N–H and O–H groups in total. The highest BCUT2D eigenvalue weighted by Gasteiger charge is 2.15. The zero-order chi connectivity index (χ0) is 20.7. The number of hydrogen-bond acceptors (Lipinski definition) is 6. The van der Waals surface area contributed by atoms with Crippen molar-refractivity contribution in [1.82, 2.24) is 20.2 Å². The number of carbonyl (C=O) groups is 1. The molecule has 0 spiro atoms. The molecular weight excluding hydrogens is 380 g/mol. The Bertz CT molecular complexity index is 906. The largest absolute Gasteiger partial charge is 0.356 e. The number of aromatic nitrogens is 2. The predicted octanol–water partition coefficient (Wildman–Crippen LogP) is 2.23. The summed E-state index contributed by atoms with van der Waals surface area (Å²) in [5.74, 6) is 1.23. The maximum Gasteiger partial charge on any atom is 0.240 e. The Morgan fingerprint density at radius 2 is 1.93 bits per heavy atom. The third-order valence-electron chi connectivity index (χ3n) is 4.32. The Balaban J connectivity index is 1.68. The summed E-state index contributed by atoms with van der Waals surface area (Å²) in [7, 11) is -3.62. The lowest BCUT2D eigenvalue weighted by Crippen LogP contribution is -2.31. The monoisotopic (exact) mass is 408 g/mol. The SMILES string of the molecule is Cc1ccc(S(=O)(=O)NCCC(=O)NCCCc2nc(C(C)C)no2)cc1C. The van der Waals surface area contributed by atoms with Crippen LogP contribution in [0.1, 0.15) is 55.4 Å². The second-order valence-electron chi connectivity index (χ2n) is 7.05. The summed E-state index contributed by atoms with van der Waals surface area (Å²) in [6.07, 6.45) is 1.32. The van der Waals surface area contributed by atoms with Crippen LogP contribution < -0.4 is 10.0 Å². The number of amides is 1. The van der Waals surface area contributed by atoms with E-state index in [0.717, 1.165) is 11.1 Å². The second-order valence-corrected chi connectivity index (χ2v) is 8.82. The quantitative estimate of drug-likeness (QED) is 0.583. The van der Waals surface area contributed by atoms with E-state index in [-0.39, 0.29) is 29.7 Å². The van der Waals surface area contributed by atoms with Gasteiger partial charge in [-0.25, -0.2) is 13.1 Å². The van der Waals surface area contributed by atoms with Gasteiger partial charge in [-0.2, -0.15) is 4.98 Å². The normalized spacial score (nSPS) is 11.8. The average Bonchev–Trinajstić information content (AvgIpc) is 3.10. The third kappa shape index (κ3) is 6.42. The van der Waals surface area contributed by atoms with Crippen LogP contribution in [0.2, 0.25) is 0 Å². The lowest BCUT2D eigenvalue weighted by Gasteiger charge is -2.09. The van der Waals surface area contributed by atoms with E-state index in [1.165, 1.54) is 0 Å². The Labute approximate surface area is 166 Å². The molecule has 0 saturated heterocycles. The van der Waals surface area contributed by atoms with Gasteiger partial charge >= 0.3 is 0 Å². The fourth-order valence-corrected chi connectivity index (χ4v) is 3.54. The van der Waals surface area contributed by atoms with E-state index in [2.05, 4.69) is 20.2 Å². The molecule has 1 heterocycles. The molecule has 0 unspecified atom stereocenters. The predicted molar refractivity (Wildman–Crippen MR) is 105 cm³/mol. The highest BCUT2D eigenvalue weighted by Crippen LogP contribution is 2.14. The number of nitrogens with one attached hydrogen (secondary N) is 2. The van der Waals surface area contributed by atoms with Crippen molar-refractivity contribution in [1.29, 1.82) is 0 Å². The van der Waals surface area contributed by atoms with Gasteiger partial charge in [-0.05, 0) is 43.5 Å². The second kappa shape index (κ2) is 9.79. The molecule has 0 atom stereocenters.